The Labute approximate surface area is 112 Å². The molecule has 1 N–H and O–H groups in total. The molecule has 0 aromatic heterocycles. The van der Waals surface area contributed by atoms with Crippen molar-refractivity contribution in [2.24, 2.45) is 0 Å². The van der Waals surface area contributed by atoms with Gasteiger partial charge in [-0.05, 0) is 55.4 Å². The van der Waals surface area contributed by atoms with Crippen molar-refractivity contribution in [3.63, 3.8) is 0 Å². The molecule has 0 unspecified atom stereocenters. The molecule has 3 rings (SSSR count). The maximum atomic E-state index is 12.4. The molecule has 19 heavy (non-hydrogen) atoms. The smallest absolute Gasteiger partial charge is 0.326 e. The van der Waals surface area contributed by atoms with Gasteiger partial charge in [0.05, 0.1) is 0 Å². The average Bonchev–Trinajstić information content (AvgIpc) is 3.05. The number of rotatable bonds is 2. The number of hydrogen-bond acceptors (Lipinski definition) is 2. The molecule has 1 aromatic carbocycles. The molecule has 0 spiro atoms. The van der Waals surface area contributed by atoms with E-state index < -0.39 is 12.0 Å². The molecular weight excluding hydrogens is 242 g/mol. The third kappa shape index (κ3) is 2.11. The second-order valence-electron chi connectivity index (χ2n) is 5.33. The number of aliphatic carboxylic acids is 1. The molecule has 0 radical (unpaired) electrons. The van der Waals surface area contributed by atoms with E-state index >= 15 is 0 Å². The van der Waals surface area contributed by atoms with Crippen LogP contribution in [0.25, 0.3) is 0 Å². The van der Waals surface area contributed by atoms with E-state index in [1.54, 1.807) is 0 Å². The number of hydrogen-bond donors (Lipinski definition) is 1. The minimum atomic E-state index is -0.896. The SMILES string of the molecule is O=C(O)[C@@H]1CCCN1C(=O)c1ccc2c(c1)CCC2. The summed E-state index contributed by atoms with van der Waals surface area (Å²) in [6.07, 6.45) is 4.60. The molecule has 1 fully saturated rings. The van der Waals surface area contributed by atoms with Gasteiger partial charge in [0.25, 0.3) is 5.91 Å². The molecular formula is C15H17NO3. The van der Waals surface area contributed by atoms with E-state index in [4.69, 9.17) is 5.11 Å². The normalized spacial score (nSPS) is 21.5. The van der Waals surface area contributed by atoms with Crippen molar-refractivity contribution < 1.29 is 14.7 Å². The van der Waals surface area contributed by atoms with Crippen LogP contribution in [0.15, 0.2) is 18.2 Å². The van der Waals surface area contributed by atoms with Crippen LogP contribution in [0.3, 0.4) is 0 Å². The van der Waals surface area contributed by atoms with Gasteiger partial charge in [-0.1, -0.05) is 6.07 Å². The first-order valence-electron chi connectivity index (χ1n) is 6.82. The van der Waals surface area contributed by atoms with Crippen LogP contribution in [-0.2, 0) is 17.6 Å². The van der Waals surface area contributed by atoms with Gasteiger partial charge in [-0.15, -0.1) is 0 Å². The molecule has 1 aromatic rings. The number of amides is 1. The summed E-state index contributed by atoms with van der Waals surface area (Å²) in [5, 5.41) is 9.14. The summed E-state index contributed by atoms with van der Waals surface area (Å²) in [5.74, 6) is -1.04. The fourth-order valence-corrected chi connectivity index (χ4v) is 3.14. The van der Waals surface area contributed by atoms with Crippen LogP contribution >= 0.6 is 0 Å². The van der Waals surface area contributed by atoms with Gasteiger partial charge in [0.15, 0.2) is 0 Å². The quantitative estimate of drug-likeness (QED) is 0.882. The summed E-state index contributed by atoms with van der Waals surface area (Å²) >= 11 is 0. The van der Waals surface area contributed by atoms with Gasteiger partial charge in [-0.2, -0.15) is 0 Å². The van der Waals surface area contributed by atoms with Gasteiger partial charge in [-0.25, -0.2) is 4.79 Å². The van der Waals surface area contributed by atoms with Crippen molar-refractivity contribution >= 4 is 11.9 Å². The fraction of sp³-hybridized carbons (Fsp3) is 0.467. The first-order chi connectivity index (χ1) is 9.16. The van der Waals surface area contributed by atoms with Crippen LogP contribution in [0, 0.1) is 0 Å². The lowest BCUT2D eigenvalue weighted by Gasteiger charge is -2.21. The number of carbonyl (C=O) groups excluding carboxylic acids is 1. The number of nitrogens with zero attached hydrogens (tertiary/aromatic N) is 1. The number of carbonyl (C=O) groups is 2. The Hall–Kier alpha value is -1.84. The van der Waals surface area contributed by atoms with Gasteiger partial charge >= 0.3 is 5.97 Å². The van der Waals surface area contributed by atoms with Crippen molar-refractivity contribution in [3.05, 3.63) is 34.9 Å². The summed E-state index contributed by atoms with van der Waals surface area (Å²) in [7, 11) is 0. The van der Waals surface area contributed by atoms with E-state index in [2.05, 4.69) is 0 Å². The highest BCUT2D eigenvalue weighted by Gasteiger charge is 2.34. The first-order valence-corrected chi connectivity index (χ1v) is 6.82. The lowest BCUT2D eigenvalue weighted by Crippen LogP contribution is -2.40. The maximum Gasteiger partial charge on any atom is 0.326 e. The van der Waals surface area contributed by atoms with E-state index in [1.807, 2.05) is 18.2 Å². The van der Waals surface area contributed by atoms with Crippen molar-refractivity contribution in [1.82, 2.24) is 4.90 Å². The fourth-order valence-electron chi connectivity index (χ4n) is 3.14. The van der Waals surface area contributed by atoms with E-state index in [0.717, 1.165) is 25.7 Å². The number of benzene rings is 1. The summed E-state index contributed by atoms with van der Waals surface area (Å²) in [5.41, 5.74) is 3.21. The van der Waals surface area contributed by atoms with Gasteiger partial charge in [-0.3, -0.25) is 4.79 Å². The molecule has 2 aliphatic rings. The molecule has 1 aliphatic heterocycles. The molecule has 4 heteroatoms. The summed E-state index contributed by atoms with van der Waals surface area (Å²) < 4.78 is 0. The molecule has 1 amide bonds. The van der Waals surface area contributed by atoms with Crippen LogP contribution in [0.1, 0.15) is 40.7 Å². The van der Waals surface area contributed by atoms with Crippen LogP contribution in [-0.4, -0.2) is 34.5 Å². The number of likely N-dealkylation sites (tertiary alicyclic amines) is 1. The van der Waals surface area contributed by atoms with Crippen molar-refractivity contribution in [2.45, 2.75) is 38.1 Å². The van der Waals surface area contributed by atoms with E-state index in [-0.39, 0.29) is 5.91 Å². The third-order valence-corrected chi connectivity index (χ3v) is 4.14. The Bertz CT molecular complexity index is 538. The first kappa shape index (κ1) is 12.2. The topological polar surface area (TPSA) is 57.6 Å². The van der Waals surface area contributed by atoms with Gasteiger partial charge in [0, 0.05) is 12.1 Å². The zero-order valence-electron chi connectivity index (χ0n) is 10.8. The van der Waals surface area contributed by atoms with Gasteiger partial charge in [0.1, 0.15) is 6.04 Å². The Kier molecular flexibility index (Phi) is 3.01. The molecule has 1 atom stereocenters. The minimum Gasteiger partial charge on any atom is -0.480 e. The summed E-state index contributed by atoms with van der Waals surface area (Å²) in [4.78, 5) is 25.1. The Morgan fingerprint density at radius 2 is 1.95 bits per heavy atom. The molecule has 1 saturated heterocycles. The monoisotopic (exact) mass is 259 g/mol. The standard InChI is InChI=1S/C15H17NO3/c17-14(16-8-2-5-13(16)15(18)19)12-7-6-10-3-1-4-11(10)9-12/h6-7,9,13H,1-5,8H2,(H,18,19)/t13-/m0/s1. The second kappa shape index (κ2) is 4.68. The highest BCUT2D eigenvalue weighted by atomic mass is 16.4. The van der Waals surface area contributed by atoms with Crippen molar-refractivity contribution in [1.29, 1.82) is 0 Å². The number of fused-ring (bicyclic) bond motifs is 1. The lowest BCUT2D eigenvalue weighted by atomic mass is 10.1. The van der Waals surface area contributed by atoms with Crippen LogP contribution < -0.4 is 0 Å². The van der Waals surface area contributed by atoms with Crippen molar-refractivity contribution in [3.8, 4) is 0 Å². The zero-order valence-corrected chi connectivity index (χ0v) is 10.8. The molecule has 0 bridgehead atoms. The Morgan fingerprint density at radius 3 is 2.74 bits per heavy atom. The molecule has 4 nitrogen and oxygen atoms in total. The zero-order chi connectivity index (χ0) is 13.4. The average molecular weight is 259 g/mol. The molecule has 1 aliphatic carbocycles. The largest absolute Gasteiger partial charge is 0.480 e. The highest BCUT2D eigenvalue weighted by Crippen LogP contribution is 2.25. The van der Waals surface area contributed by atoms with Crippen LogP contribution in [0.4, 0.5) is 0 Å². The number of carboxylic acids is 1. The van der Waals surface area contributed by atoms with E-state index in [1.165, 1.54) is 16.0 Å². The van der Waals surface area contributed by atoms with E-state index in [9.17, 15) is 9.59 Å². The number of aryl methyl sites for hydroxylation is 2. The minimum absolute atomic E-state index is 0.139. The maximum absolute atomic E-state index is 12.4. The van der Waals surface area contributed by atoms with Crippen molar-refractivity contribution in [2.75, 3.05) is 6.54 Å². The van der Waals surface area contributed by atoms with Crippen LogP contribution in [0.2, 0.25) is 0 Å². The van der Waals surface area contributed by atoms with Gasteiger partial charge in [0.2, 0.25) is 0 Å². The second-order valence-corrected chi connectivity index (χ2v) is 5.33. The predicted octanol–water partition coefficient (Wildman–Crippen LogP) is 1.86. The molecule has 1 heterocycles. The summed E-state index contributed by atoms with van der Waals surface area (Å²) in [6, 6.07) is 5.15. The predicted molar refractivity (Wildman–Crippen MR) is 70.2 cm³/mol. The molecule has 100 valence electrons. The summed E-state index contributed by atoms with van der Waals surface area (Å²) in [6.45, 7) is 0.548. The Morgan fingerprint density at radius 1 is 1.16 bits per heavy atom. The lowest BCUT2D eigenvalue weighted by molar-refractivity contribution is -0.141. The molecule has 0 saturated carbocycles. The third-order valence-electron chi connectivity index (χ3n) is 4.14. The Balaban J connectivity index is 1.85. The highest BCUT2D eigenvalue weighted by molar-refractivity contribution is 5.97. The van der Waals surface area contributed by atoms with E-state index in [0.29, 0.717) is 18.5 Å². The van der Waals surface area contributed by atoms with Crippen LogP contribution in [0.5, 0.6) is 0 Å². The number of carboxylic acid groups (broad SMARTS) is 1. The van der Waals surface area contributed by atoms with Gasteiger partial charge < -0.3 is 10.0 Å².